The van der Waals surface area contributed by atoms with Gasteiger partial charge < -0.3 is 18.8 Å². The van der Waals surface area contributed by atoms with Crippen molar-refractivity contribution in [2.75, 3.05) is 25.4 Å². The Labute approximate surface area is 174 Å². The summed E-state index contributed by atoms with van der Waals surface area (Å²) in [6.45, 7) is 0.835. The number of carbonyl (C=O) groups is 1. The SMILES string of the molecule is CSCCn1c(=NC(=O)COc2ccc(Cl)cc2)sc2cc3c(cc21)OCO3. The van der Waals surface area contributed by atoms with E-state index in [1.54, 1.807) is 36.0 Å². The quantitative estimate of drug-likeness (QED) is 0.585. The largest absolute Gasteiger partial charge is 0.484 e. The zero-order valence-corrected chi connectivity index (χ0v) is 17.4. The van der Waals surface area contributed by atoms with E-state index < -0.39 is 0 Å². The van der Waals surface area contributed by atoms with Crippen molar-refractivity contribution in [3.8, 4) is 17.2 Å². The van der Waals surface area contributed by atoms with Crippen LogP contribution in [-0.4, -0.2) is 35.9 Å². The summed E-state index contributed by atoms with van der Waals surface area (Å²) in [5.41, 5.74) is 0.980. The molecule has 1 aliphatic rings. The zero-order chi connectivity index (χ0) is 19.5. The summed E-state index contributed by atoms with van der Waals surface area (Å²) in [6.07, 6.45) is 2.05. The number of halogens is 1. The van der Waals surface area contributed by atoms with Crippen molar-refractivity contribution < 1.29 is 19.0 Å². The van der Waals surface area contributed by atoms with E-state index in [1.165, 1.54) is 11.3 Å². The van der Waals surface area contributed by atoms with Gasteiger partial charge in [0.25, 0.3) is 5.91 Å². The molecule has 0 bridgehead atoms. The predicted octanol–water partition coefficient (Wildman–Crippen LogP) is 3.95. The average Bonchev–Trinajstić information content (AvgIpc) is 3.27. The monoisotopic (exact) mass is 436 g/mol. The Kier molecular flexibility index (Phi) is 5.79. The zero-order valence-electron chi connectivity index (χ0n) is 15.0. The minimum absolute atomic E-state index is 0.138. The lowest BCUT2D eigenvalue weighted by Gasteiger charge is -2.05. The molecule has 0 aliphatic carbocycles. The standard InChI is InChI=1S/C19H17ClN2O4S2/c1-27-7-6-22-14-8-15-16(26-11-25-15)9-17(14)28-19(22)21-18(23)10-24-13-4-2-12(20)3-5-13/h2-5,8-9H,6-7,10-11H2,1H3. The number of nitrogens with zero attached hydrogens (tertiary/aromatic N) is 2. The highest BCUT2D eigenvalue weighted by atomic mass is 35.5. The number of hydrogen-bond donors (Lipinski definition) is 0. The Morgan fingerprint density at radius 3 is 2.79 bits per heavy atom. The highest BCUT2D eigenvalue weighted by Crippen LogP contribution is 2.37. The van der Waals surface area contributed by atoms with Crippen molar-refractivity contribution >= 4 is 50.8 Å². The minimum atomic E-state index is -0.348. The van der Waals surface area contributed by atoms with Gasteiger partial charge in [0.1, 0.15) is 5.75 Å². The number of hydrogen-bond acceptors (Lipinski definition) is 6. The molecule has 4 rings (SSSR count). The van der Waals surface area contributed by atoms with E-state index in [-0.39, 0.29) is 19.3 Å². The molecule has 6 nitrogen and oxygen atoms in total. The predicted molar refractivity (Wildman–Crippen MR) is 112 cm³/mol. The summed E-state index contributed by atoms with van der Waals surface area (Å²) in [5, 5.41) is 0.614. The van der Waals surface area contributed by atoms with Crippen molar-refractivity contribution in [1.29, 1.82) is 0 Å². The van der Waals surface area contributed by atoms with Gasteiger partial charge in [-0.15, -0.1) is 0 Å². The van der Waals surface area contributed by atoms with Crippen LogP contribution in [0.5, 0.6) is 17.2 Å². The molecule has 1 aliphatic heterocycles. The van der Waals surface area contributed by atoms with Crippen LogP contribution in [0.2, 0.25) is 5.02 Å². The van der Waals surface area contributed by atoms with Crippen molar-refractivity contribution in [2.24, 2.45) is 4.99 Å². The van der Waals surface area contributed by atoms with Crippen LogP contribution in [0.25, 0.3) is 10.2 Å². The molecule has 0 radical (unpaired) electrons. The summed E-state index contributed by atoms with van der Waals surface area (Å²) in [7, 11) is 0. The normalized spacial score (nSPS) is 13.3. The van der Waals surface area contributed by atoms with Gasteiger partial charge in [-0.05, 0) is 30.5 Å². The summed E-state index contributed by atoms with van der Waals surface area (Å²) in [6, 6.07) is 10.7. The van der Waals surface area contributed by atoms with E-state index in [4.69, 9.17) is 25.8 Å². The van der Waals surface area contributed by atoms with Crippen LogP contribution in [0.1, 0.15) is 0 Å². The van der Waals surface area contributed by atoms with E-state index in [0.29, 0.717) is 21.3 Å². The molecular formula is C19H17ClN2O4S2. The van der Waals surface area contributed by atoms with Gasteiger partial charge in [-0.2, -0.15) is 16.8 Å². The molecule has 0 saturated carbocycles. The Morgan fingerprint density at radius 2 is 2.04 bits per heavy atom. The third kappa shape index (κ3) is 4.14. The van der Waals surface area contributed by atoms with E-state index in [2.05, 4.69) is 4.99 Å². The van der Waals surface area contributed by atoms with Gasteiger partial charge in [0.05, 0.1) is 10.2 Å². The third-order valence-electron chi connectivity index (χ3n) is 4.09. The lowest BCUT2D eigenvalue weighted by atomic mass is 10.3. The maximum atomic E-state index is 12.4. The number of ether oxygens (including phenoxy) is 3. The van der Waals surface area contributed by atoms with E-state index in [0.717, 1.165) is 28.3 Å². The average molecular weight is 437 g/mol. The van der Waals surface area contributed by atoms with Crippen molar-refractivity contribution in [3.63, 3.8) is 0 Å². The molecule has 28 heavy (non-hydrogen) atoms. The van der Waals surface area contributed by atoms with Crippen LogP contribution in [0.4, 0.5) is 0 Å². The highest BCUT2D eigenvalue weighted by Gasteiger charge is 2.18. The summed E-state index contributed by atoms with van der Waals surface area (Å²) in [5.74, 6) is 2.56. The van der Waals surface area contributed by atoms with Gasteiger partial charge in [0.2, 0.25) is 6.79 Å². The van der Waals surface area contributed by atoms with Crippen LogP contribution in [-0.2, 0) is 11.3 Å². The molecule has 0 fully saturated rings. The van der Waals surface area contributed by atoms with E-state index in [1.807, 2.05) is 23.0 Å². The van der Waals surface area contributed by atoms with Crippen molar-refractivity contribution in [2.45, 2.75) is 6.54 Å². The van der Waals surface area contributed by atoms with Gasteiger partial charge in [0.15, 0.2) is 22.9 Å². The summed E-state index contributed by atoms with van der Waals surface area (Å²) >= 11 is 9.04. The summed E-state index contributed by atoms with van der Waals surface area (Å²) < 4.78 is 19.5. The first-order valence-electron chi connectivity index (χ1n) is 8.52. The number of rotatable bonds is 6. The Bertz CT molecular complexity index is 1080. The molecule has 0 atom stereocenters. The maximum Gasteiger partial charge on any atom is 0.286 e. The fraction of sp³-hybridized carbons (Fsp3) is 0.263. The number of aromatic nitrogens is 1. The van der Waals surface area contributed by atoms with Gasteiger partial charge in [-0.1, -0.05) is 22.9 Å². The van der Waals surface area contributed by atoms with Gasteiger partial charge >= 0.3 is 0 Å². The van der Waals surface area contributed by atoms with Crippen LogP contribution in [0.3, 0.4) is 0 Å². The van der Waals surface area contributed by atoms with Gasteiger partial charge in [-0.25, -0.2) is 0 Å². The highest BCUT2D eigenvalue weighted by molar-refractivity contribution is 7.98. The number of benzene rings is 2. The second-order valence-corrected chi connectivity index (χ2v) is 8.38. The first-order chi connectivity index (χ1) is 13.6. The van der Waals surface area contributed by atoms with Gasteiger partial charge in [-0.3, -0.25) is 4.79 Å². The number of aryl methyl sites for hydroxylation is 1. The fourth-order valence-electron chi connectivity index (χ4n) is 2.76. The van der Waals surface area contributed by atoms with E-state index >= 15 is 0 Å². The second kappa shape index (κ2) is 8.46. The number of amides is 1. The molecule has 2 heterocycles. The summed E-state index contributed by atoms with van der Waals surface area (Å²) in [4.78, 5) is 17.3. The molecule has 1 amide bonds. The first-order valence-corrected chi connectivity index (χ1v) is 11.1. The van der Waals surface area contributed by atoms with E-state index in [9.17, 15) is 4.79 Å². The lowest BCUT2D eigenvalue weighted by molar-refractivity contribution is -0.120. The van der Waals surface area contributed by atoms with Crippen molar-refractivity contribution in [3.05, 3.63) is 46.2 Å². The van der Waals surface area contributed by atoms with Crippen molar-refractivity contribution in [1.82, 2.24) is 4.57 Å². The maximum absolute atomic E-state index is 12.4. The first kappa shape index (κ1) is 19.2. The van der Waals surface area contributed by atoms with Crippen LogP contribution in [0, 0.1) is 0 Å². The molecule has 2 aromatic carbocycles. The Balaban J connectivity index is 1.62. The second-order valence-electron chi connectivity index (χ2n) is 5.95. The number of thioether (sulfide) groups is 1. The molecule has 0 unspecified atom stereocenters. The lowest BCUT2D eigenvalue weighted by Crippen LogP contribution is -2.20. The minimum Gasteiger partial charge on any atom is -0.484 e. The van der Waals surface area contributed by atoms with Crippen LogP contribution < -0.4 is 19.0 Å². The molecule has 0 N–H and O–H groups in total. The molecule has 146 valence electrons. The number of fused-ring (bicyclic) bond motifs is 2. The topological polar surface area (TPSA) is 62.1 Å². The van der Waals surface area contributed by atoms with Crippen LogP contribution >= 0.6 is 34.7 Å². The molecule has 3 aromatic rings. The van der Waals surface area contributed by atoms with Crippen LogP contribution in [0.15, 0.2) is 41.4 Å². The molecule has 1 aromatic heterocycles. The molecular weight excluding hydrogens is 420 g/mol. The smallest absolute Gasteiger partial charge is 0.286 e. The number of carbonyl (C=O) groups excluding carboxylic acids is 1. The fourth-order valence-corrected chi connectivity index (χ4v) is 4.33. The molecule has 9 heteroatoms. The molecule has 0 spiro atoms. The van der Waals surface area contributed by atoms with Gasteiger partial charge in [0, 0.05) is 29.5 Å². The Hall–Kier alpha value is -2.16. The third-order valence-corrected chi connectivity index (χ3v) is 5.98. The Morgan fingerprint density at radius 1 is 1.29 bits per heavy atom. The number of thiazole rings is 1. The molecule has 0 saturated heterocycles.